The van der Waals surface area contributed by atoms with Gasteiger partial charge in [0.2, 0.25) is 0 Å². The van der Waals surface area contributed by atoms with Crippen LogP contribution in [0.1, 0.15) is 25.3 Å². The highest BCUT2D eigenvalue weighted by atomic mass is 16.3. The summed E-state index contributed by atoms with van der Waals surface area (Å²) in [5.41, 5.74) is 5.41. The highest BCUT2D eigenvalue weighted by Gasteiger charge is 2.29. The summed E-state index contributed by atoms with van der Waals surface area (Å²) in [6, 6.07) is 21.7. The molecule has 0 amide bonds. The molecule has 5 rings (SSSR count). The van der Waals surface area contributed by atoms with Crippen molar-refractivity contribution in [2.45, 2.75) is 25.3 Å². The molecule has 1 aliphatic rings. The van der Waals surface area contributed by atoms with Crippen LogP contribution in [0.2, 0.25) is 0 Å². The molecular weight excluding hydrogens is 376 g/mol. The lowest BCUT2D eigenvalue weighted by Crippen LogP contribution is -2.19. The summed E-state index contributed by atoms with van der Waals surface area (Å²) < 4.78 is 2.09. The third-order valence-electron chi connectivity index (χ3n) is 5.75. The number of aromatic nitrogens is 2. The van der Waals surface area contributed by atoms with E-state index < -0.39 is 0 Å². The van der Waals surface area contributed by atoms with Crippen molar-refractivity contribution < 1.29 is 15.3 Å². The molecule has 0 bridgehead atoms. The van der Waals surface area contributed by atoms with Crippen molar-refractivity contribution in [3.05, 3.63) is 72.8 Å². The Labute approximate surface area is 174 Å². The van der Waals surface area contributed by atoms with Crippen LogP contribution in [0.5, 0.6) is 17.2 Å². The van der Waals surface area contributed by atoms with Crippen LogP contribution in [-0.4, -0.2) is 25.1 Å². The number of hydrogen-bond donors (Lipinski definition) is 3. The van der Waals surface area contributed by atoms with E-state index in [1.54, 1.807) is 36.4 Å². The lowest BCUT2D eigenvalue weighted by atomic mass is 9.91. The van der Waals surface area contributed by atoms with Gasteiger partial charge in [0, 0.05) is 16.7 Å². The molecule has 0 saturated heterocycles. The monoisotopic (exact) mass is 398 g/mol. The van der Waals surface area contributed by atoms with E-state index in [2.05, 4.69) is 4.68 Å². The van der Waals surface area contributed by atoms with E-state index in [1.807, 2.05) is 36.4 Å². The summed E-state index contributed by atoms with van der Waals surface area (Å²) in [6.45, 7) is 0. The van der Waals surface area contributed by atoms with Crippen molar-refractivity contribution in [2.24, 2.45) is 0 Å². The number of rotatable bonds is 4. The minimum absolute atomic E-state index is 0.192. The molecule has 30 heavy (non-hydrogen) atoms. The molecule has 0 atom stereocenters. The maximum atomic E-state index is 10.2. The summed E-state index contributed by atoms with van der Waals surface area (Å²) in [4.78, 5) is 0. The number of hydrogen-bond acceptors (Lipinski definition) is 4. The number of phenolic OH excluding ortho intramolecular Hbond substituents is 3. The fourth-order valence-electron chi connectivity index (χ4n) is 3.98. The second kappa shape index (κ2) is 7.26. The Balaban J connectivity index is 1.82. The first-order chi connectivity index (χ1) is 14.6. The Bertz CT molecular complexity index is 1190. The van der Waals surface area contributed by atoms with E-state index >= 15 is 0 Å². The standard InChI is InChI=1S/C25H22N2O3/c28-20-11-7-16(8-12-20)24-23(18-3-1-6-22(30)15-18)25(17-9-13-21(29)14-10-17)27(26-24)19-4-2-5-19/h1,3,6-15,19,28-30H,2,4-5H2. The Morgan fingerprint density at radius 3 is 1.90 bits per heavy atom. The second-order valence-electron chi connectivity index (χ2n) is 7.75. The predicted molar refractivity (Wildman–Crippen MR) is 116 cm³/mol. The first kappa shape index (κ1) is 18.3. The molecule has 1 aliphatic carbocycles. The van der Waals surface area contributed by atoms with Crippen molar-refractivity contribution in [3.8, 4) is 50.9 Å². The van der Waals surface area contributed by atoms with Gasteiger partial charge in [0.1, 0.15) is 22.9 Å². The molecular formula is C25H22N2O3. The Kier molecular flexibility index (Phi) is 4.43. The molecule has 3 N–H and O–H groups in total. The Morgan fingerprint density at radius 1 is 0.700 bits per heavy atom. The fraction of sp³-hybridized carbons (Fsp3) is 0.160. The molecule has 0 spiro atoms. The summed E-state index contributed by atoms with van der Waals surface area (Å²) in [5, 5.41) is 34.7. The predicted octanol–water partition coefficient (Wildman–Crippen LogP) is 5.73. The van der Waals surface area contributed by atoms with Crippen molar-refractivity contribution in [2.75, 3.05) is 0 Å². The normalized spacial score (nSPS) is 13.9. The Morgan fingerprint density at radius 2 is 1.33 bits per heavy atom. The van der Waals surface area contributed by atoms with Crippen LogP contribution >= 0.6 is 0 Å². The molecule has 0 aliphatic heterocycles. The highest BCUT2D eigenvalue weighted by Crippen LogP contribution is 2.45. The highest BCUT2D eigenvalue weighted by molar-refractivity contribution is 5.92. The van der Waals surface area contributed by atoms with Crippen LogP contribution in [-0.2, 0) is 0 Å². The molecule has 5 nitrogen and oxygen atoms in total. The average Bonchev–Trinajstić information content (AvgIpc) is 3.08. The van der Waals surface area contributed by atoms with Gasteiger partial charge in [-0.2, -0.15) is 5.10 Å². The van der Waals surface area contributed by atoms with Crippen LogP contribution in [0.4, 0.5) is 0 Å². The maximum absolute atomic E-state index is 10.2. The minimum atomic E-state index is 0.192. The summed E-state index contributed by atoms with van der Waals surface area (Å²) in [7, 11) is 0. The van der Waals surface area contributed by atoms with Crippen LogP contribution in [0.15, 0.2) is 72.8 Å². The second-order valence-corrected chi connectivity index (χ2v) is 7.75. The molecule has 150 valence electrons. The number of phenols is 3. The molecule has 1 fully saturated rings. The number of nitrogens with zero attached hydrogens (tertiary/aromatic N) is 2. The lowest BCUT2D eigenvalue weighted by Gasteiger charge is -2.28. The van der Waals surface area contributed by atoms with E-state index in [9.17, 15) is 15.3 Å². The molecule has 5 heteroatoms. The van der Waals surface area contributed by atoms with Crippen molar-refractivity contribution in [1.82, 2.24) is 9.78 Å². The van der Waals surface area contributed by atoms with Crippen LogP contribution < -0.4 is 0 Å². The van der Waals surface area contributed by atoms with Crippen molar-refractivity contribution in [1.29, 1.82) is 0 Å². The van der Waals surface area contributed by atoms with Gasteiger partial charge in [-0.05, 0) is 85.5 Å². The fourth-order valence-corrected chi connectivity index (χ4v) is 3.98. The topological polar surface area (TPSA) is 78.5 Å². The molecule has 0 unspecified atom stereocenters. The first-order valence-electron chi connectivity index (χ1n) is 10.1. The SMILES string of the molecule is Oc1ccc(-c2nn(C3CCC3)c(-c3ccc(O)cc3)c2-c2cccc(O)c2)cc1. The molecule has 1 aromatic heterocycles. The van der Waals surface area contributed by atoms with Gasteiger partial charge in [-0.3, -0.25) is 4.68 Å². The smallest absolute Gasteiger partial charge is 0.116 e. The molecule has 0 radical (unpaired) electrons. The zero-order valence-corrected chi connectivity index (χ0v) is 16.4. The van der Waals surface area contributed by atoms with Crippen LogP contribution in [0.25, 0.3) is 33.6 Å². The molecule has 4 aromatic rings. The summed E-state index contributed by atoms with van der Waals surface area (Å²) in [6.07, 6.45) is 3.32. The minimum Gasteiger partial charge on any atom is -0.508 e. The Hall–Kier alpha value is -3.73. The van der Waals surface area contributed by atoms with Gasteiger partial charge in [-0.25, -0.2) is 0 Å². The molecule has 1 heterocycles. The van der Waals surface area contributed by atoms with Crippen molar-refractivity contribution >= 4 is 0 Å². The summed E-state index contributed by atoms with van der Waals surface area (Å²) >= 11 is 0. The number of benzene rings is 3. The van der Waals surface area contributed by atoms with E-state index in [0.717, 1.165) is 46.5 Å². The lowest BCUT2D eigenvalue weighted by molar-refractivity contribution is 0.293. The van der Waals surface area contributed by atoms with Crippen LogP contribution in [0, 0.1) is 0 Å². The first-order valence-corrected chi connectivity index (χ1v) is 10.1. The van der Waals surface area contributed by atoms with Crippen LogP contribution in [0.3, 0.4) is 0 Å². The van der Waals surface area contributed by atoms with Gasteiger partial charge in [0.05, 0.1) is 11.7 Å². The van der Waals surface area contributed by atoms with E-state index in [1.165, 1.54) is 6.42 Å². The zero-order chi connectivity index (χ0) is 20.7. The van der Waals surface area contributed by atoms with Gasteiger partial charge >= 0.3 is 0 Å². The quantitative estimate of drug-likeness (QED) is 0.410. The van der Waals surface area contributed by atoms with Gasteiger partial charge < -0.3 is 15.3 Å². The van der Waals surface area contributed by atoms with Gasteiger partial charge in [0.25, 0.3) is 0 Å². The van der Waals surface area contributed by atoms with Gasteiger partial charge in [0.15, 0.2) is 0 Å². The van der Waals surface area contributed by atoms with E-state index in [4.69, 9.17) is 5.10 Å². The van der Waals surface area contributed by atoms with Gasteiger partial charge in [-0.1, -0.05) is 12.1 Å². The largest absolute Gasteiger partial charge is 0.508 e. The average molecular weight is 398 g/mol. The molecule has 1 saturated carbocycles. The van der Waals surface area contributed by atoms with E-state index in [0.29, 0.717) is 6.04 Å². The molecule has 3 aromatic carbocycles. The maximum Gasteiger partial charge on any atom is 0.116 e. The van der Waals surface area contributed by atoms with E-state index in [-0.39, 0.29) is 17.2 Å². The zero-order valence-electron chi connectivity index (χ0n) is 16.4. The van der Waals surface area contributed by atoms with Gasteiger partial charge in [-0.15, -0.1) is 0 Å². The summed E-state index contributed by atoms with van der Waals surface area (Å²) in [5.74, 6) is 0.609. The third-order valence-corrected chi connectivity index (χ3v) is 5.75. The number of aromatic hydroxyl groups is 3. The van der Waals surface area contributed by atoms with Crippen molar-refractivity contribution in [3.63, 3.8) is 0 Å². The third kappa shape index (κ3) is 3.18.